The van der Waals surface area contributed by atoms with Crippen molar-refractivity contribution in [1.82, 2.24) is 9.78 Å². The average molecular weight is 214 g/mol. The molecular formula is C12H10N2O2. The van der Waals surface area contributed by atoms with E-state index in [1.807, 2.05) is 30.3 Å². The van der Waals surface area contributed by atoms with Gasteiger partial charge in [-0.3, -0.25) is 5.10 Å². The van der Waals surface area contributed by atoms with Crippen LogP contribution in [0, 0.1) is 0 Å². The second-order valence-electron chi connectivity index (χ2n) is 3.61. The van der Waals surface area contributed by atoms with E-state index < -0.39 is 6.09 Å². The Morgan fingerprint density at radius 3 is 3.00 bits per heavy atom. The fourth-order valence-electron chi connectivity index (χ4n) is 2.02. The van der Waals surface area contributed by atoms with Gasteiger partial charge in [0.1, 0.15) is 0 Å². The molecule has 0 radical (unpaired) electrons. The minimum absolute atomic E-state index is 0.411. The van der Waals surface area contributed by atoms with Crippen LogP contribution in [0.25, 0.3) is 22.0 Å². The lowest BCUT2D eigenvalue weighted by atomic mass is 10.2. The summed E-state index contributed by atoms with van der Waals surface area (Å²) in [6.07, 6.45) is 1.39. The van der Waals surface area contributed by atoms with E-state index in [-0.39, 0.29) is 0 Å². The maximum Gasteiger partial charge on any atom is 0.433 e. The van der Waals surface area contributed by atoms with E-state index in [4.69, 9.17) is 4.74 Å². The molecule has 80 valence electrons. The molecule has 0 amide bonds. The van der Waals surface area contributed by atoms with Crippen LogP contribution in [-0.4, -0.2) is 23.0 Å². The maximum atomic E-state index is 11.5. The van der Waals surface area contributed by atoms with Gasteiger partial charge in [0.25, 0.3) is 0 Å². The molecule has 2 aliphatic rings. The number of methoxy groups -OCH3 is 1. The SMILES string of the molecule is COC(=O)n1[nH]cc2cc3ccccc3c1-2. The van der Waals surface area contributed by atoms with Crippen LogP contribution in [0.15, 0.2) is 36.5 Å². The molecule has 4 heteroatoms. The van der Waals surface area contributed by atoms with Crippen LogP contribution >= 0.6 is 0 Å². The van der Waals surface area contributed by atoms with Crippen molar-refractivity contribution in [3.05, 3.63) is 36.5 Å². The highest BCUT2D eigenvalue weighted by molar-refractivity contribution is 6.02. The van der Waals surface area contributed by atoms with Gasteiger partial charge in [-0.15, -0.1) is 0 Å². The lowest BCUT2D eigenvalue weighted by Gasteiger charge is -2.02. The minimum atomic E-state index is -0.411. The van der Waals surface area contributed by atoms with Crippen LogP contribution in [0.5, 0.6) is 0 Å². The number of hydrogen-bond donors (Lipinski definition) is 1. The van der Waals surface area contributed by atoms with E-state index in [1.54, 1.807) is 6.20 Å². The molecule has 0 unspecified atom stereocenters. The number of nitrogens with zero attached hydrogens (tertiary/aromatic N) is 1. The van der Waals surface area contributed by atoms with E-state index in [0.29, 0.717) is 0 Å². The first kappa shape index (κ1) is 9.03. The third-order valence-electron chi connectivity index (χ3n) is 2.73. The number of ether oxygens (including phenoxy) is 1. The summed E-state index contributed by atoms with van der Waals surface area (Å²) < 4.78 is 6.13. The van der Waals surface area contributed by atoms with Crippen LogP contribution < -0.4 is 0 Å². The van der Waals surface area contributed by atoms with Gasteiger partial charge in [-0.1, -0.05) is 24.3 Å². The molecular weight excluding hydrogens is 204 g/mol. The summed E-state index contributed by atoms with van der Waals surface area (Å²) in [6, 6.07) is 9.99. The molecule has 0 atom stereocenters. The number of nitrogens with one attached hydrogen (secondary N) is 1. The highest BCUT2D eigenvalue weighted by Gasteiger charge is 2.18. The summed E-state index contributed by atoms with van der Waals surface area (Å²) in [6.45, 7) is 0. The predicted octanol–water partition coefficient (Wildman–Crippen LogP) is 2.69. The fraction of sp³-hybridized carbons (Fsp3) is 0.0833. The van der Waals surface area contributed by atoms with E-state index in [9.17, 15) is 4.79 Å². The Labute approximate surface area is 91.8 Å². The normalized spacial score (nSPS) is 11.1. The average Bonchev–Trinajstić information content (AvgIpc) is 2.86. The van der Waals surface area contributed by atoms with Crippen LogP contribution in [0.4, 0.5) is 4.79 Å². The number of aromatic nitrogens is 2. The lowest BCUT2D eigenvalue weighted by molar-refractivity contribution is 0.170. The summed E-state index contributed by atoms with van der Waals surface area (Å²) in [7, 11) is 1.37. The molecule has 1 aliphatic heterocycles. The molecule has 3 rings (SSSR count). The number of fused-ring (bicyclic) bond motifs is 3. The number of hydrogen-bond acceptors (Lipinski definition) is 2. The third-order valence-corrected chi connectivity index (χ3v) is 2.73. The monoisotopic (exact) mass is 214 g/mol. The molecule has 0 aromatic heterocycles. The summed E-state index contributed by atoms with van der Waals surface area (Å²) in [5, 5.41) is 5.05. The van der Waals surface area contributed by atoms with Crippen molar-refractivity contribution < 1.29 is 9.53 Å². The van der Waals surface area contributed by atoms with Gasteiger partial charge >= 0.3 is 6.09 Å². The number of carbonyl (C=O) groups is 1. The molecule has 1 aliphatic carbocycles. The van der Waals surface area contributed by atoms with Gasteiger partial charge in [0, 0.05) is 17.1 Å². The Morgan fingerprint density at radius 1 is 1.38 bits per heavy atom. The highest BCUT2D eigenvalue weighted by Crippen LogP contribution is 2.33. The summed E-state index contributed by atoms with van der Waals surface area (Å²) >= 11 is 0. The molecule has 16 heavy (non-hydrogen) atoms. The zero-order valence-electron chi connectivity index (χ0n) is 8.73. The molecule has 0 saturated heterocycles. The molecule has 1 heterocycles. The largest absolute Gasteiger partial charge is 0.451 e. The molecule has 4 nitrogen and oxygen atoms in total. The first-order chi connectivity index (χ1) is 7.81. The number of benzene rings is 1. The molecule has 0 spiro atoms. The molecule has 1 aromatic rings. The number of H-pyrrole nitrogens is 1. The zero-order valence-corrected chi connectivity index (χ0v) is 8.73. The van der Waals surface area contributed by atoms with Crippen molar-refractivity contribution in [2.75, 3.05) is 7.11 Å². The second kappa shape index (κ2) is 3.13. The van der Waals surface area contributed by atoms with Crippen molar-refractivity contribution >= 4 is 16.9 Å². The summed E-state index contributed by atoms with van der Waals surface area (Å²) in [5.74, 6) is 0. The predicted molar refractivity (Wildman–Crippen MR) is 60.7 cm³/mol. The summed E-state index contributed by atoms with van der Waals surface area (Å²) in [5.41, 5.74) is 1.87. The quantitative estimate of drug-likeness (QED) is 0.625. The Balaban J connectivity index is 2.36. The van der Waals surface area contributed by atoms with Gasteiger partial charge in [-0.05, 0) is 11.5 Å². The lowest BCUT2D eigenvalue weighted by Crippen LogP contribution is -2.13. The van der Waals surface area contributed by atoms with Crippen LogP contribution in [0.1, 0.15) is 0 Å². The highest BCUT2D eigenvalue weighted by atomic mass is 16.5. The van der Waals surface area contributed by atoms with E-state index in [0.717, 1.165) is 22.0 Å². The van der Waals surface area contributed by atoms with Gasteiger partial charge < -0.3 is 4.74 Å². The summed E-state index contributed by atoms with van der Waals surface area (Å²) in [4.78, 5) is 11.5. The van der Waals surface area contributed by atoms with Gasteiger partial charge in [-0.2, -0.15) is 4.68 Å². The molecule has 0 saturated carbocycles. The second-order valence-corrected chi connectivity index (χ2v) is 3.61. The van der Waals surface area contributed by atoms with Crippen LogP contribution in [-0.2, 0) is 4.74 Å². The smallest absolute Gasteiger partial charge is 0.433 e. The Bertz CT molecular complexity index is 636. The molecule has 0 bridgehead atoms. The molecule has 1 N–H and O–H groups in total. The van der Waals surface area contributed by atoms with Crippen molar-refractivity contribution in [1.29, 1.82) is 0 Å². The van der Waals surface area contributed by atoms with Crippen molar-refractivity contribution in [3.8, 4) is 11.3 Å². The Kier molecular flexibility index (Phi) is 1.77. The van der Waals surface area contributed by atoms with Crippen LogP contribution in [0.2, 0.25) is 0 Å². The van der Waals surface area contributed by atoms with E-state index in [1.165, 1.54) is 11.8 Å². The number of carbonyl (C=O) groups excluding carboxylic acids is 1. The third kappa shape index (κ3) is 1.07. The zero-order chi connectivity index (χ0) is 11.1. The van der Waals surface area contributed by atoms with Crippen molar-refractivity contribution in [2.45, 2.75) is 0 Å². The van der Waals surface area contributed by atoms with Crippen LogP contribution in [0.3, 0.4) is 0 Å². The van der Waals surface area contributed by atoms with E-state index >= 15 is 0 Å². The standard InChI is InChI=1S/C12H10N2O2/c1-16-12(15)14-11-9(7-13-14)6-8-4-2-3-5-10(8)11/h2-7,13H,1H3. The maximum absolute atomic E-state index is 11.5. The van der Waals surface area contributed by atoms with Gasteiger partial charge in [-0.25, -0.2) is 4.79 Å². The number of aromatic amines is 1. The Hall–Kier alpha value is -2.23. The van der Waals surface area contributed by atoms with Gasteiger partial charge in [0.05, 0.1) is 12.8 Å². The Morgan fingerprint density at radius 2 is 2.19 bits per heavy atom. The molecule has 0 fully saturated rings. The van der Waals surface area contributed by atoms with Gasteiger partial charge in [0.2, 0.25) is 0 Å². The topological polar surface area (TPSA) is 47.0 Å². The molecule has 1 aromatic carbocycles. The van der Waals surface area contributed by atoms with E-state index in [2.05, 4.69) is 5.10 Å². The number of rotatable bonds is 0. The van der Waals surface area contributed by atoms with Crippen molar-refractivity contribution in [2.24, 2.45) is 0 Å². The first-order valence-corrected chi connectivity index (χ1v) is 4.97. The fourth-order valence-corrected chi connectivity index (χ4v) is 2.02. The minimum Gasteiger partial charge on any atom is -0.451 e. The first-order valence-electron chi connectivity index (χ1n) is 4.97. The van der Waals surface area contributed by atoms with Crippen molar-refractivity contribution in [3.63, 3.8) is 0 Å². The van der Waals surface area contributed by atoms with Gasteiger partial charge in [0.15, 0.2) is 0 Å².